The van der Waals surface area contributed by atoms with Crippen molar-refractivity contribution >= 4 is 5.91 Å². The van der Waals surface area contributed by atoms with Gasteiger partial charge < -0.3 is 30.4 Å². The minimum Gasteiger partial charge on any atom is -0.493 e. The Kier molecular flexibility index (Phi) is 13.6. The zero-order valence-corrected chi connectivity index (χ0v) is 24.5. The van der Waals surface area contributed by atoms with Gasteiger partial charge in [-0.1, -0.05) is 45.9 Å². The molecule has 0 saturated heterocycles. The van der Waals surface area contributed by atoms with Crippen LogP contribution in [0.25, 0.3) is 0 Å². The molecule has 4 N–H and O–H groups in total. The van der Waals surface area contributed by atoms with Gasteiger partial charge in [-0.3, -0.25) is 4.79 Å². The summed E-state index contributed by atoms with van der Waals surface area (Å²) in [6, 6.07) is 5.68. The number of amides is 1. The maximum Gasteiger partial charge on any atom is 0.223 e. The van der Waals surface area contributed by atoms with Crippen molar-refractivity contribution in [3.63, 3.8) is 0 Å². The summed E-state index contributed by atoms with van der Waals surface area (Å²) in [7, 11) is 3.32. The van der Waals surface area contributed by atoms with Gasteiger partial charge in [-0.15, -0.1) is 0 Å². The molecular weight excluding hydrogens is 480 g/mol. The molecule has 1 aromatic rings. The van der Waals surface area contributed by atoms with Crippen molar-refractivity contribution in [1.29, 1.82) is 0 Å². The van der Waals surface area contributed by atoms with Crippen LogP contribution in [-0.4, -0.2) is 56.6 Å². The third kappa shape index (κ3) is 9.90. The van der Waals surface area contributed by atoms with E-state index in [1.54, 1.807) is 14.2 Å². The van der Waals surface area contributed by atoms with Crippen molar-refractivity contribution in [3.8, 4) is 11.5 Å². The number of rotatable bonds is 17. The standard InChI is InChI=1S/C31H52N2O5/c1-20(2)24(16-23-12-13-29(37-7)30(17-23)38-15-9-14-36-6)18-26(32)28(34)19-25(21(3)4)31(35)33-27-11-8-10-22(27)5/h12-13,17,20-21,24-28,34H,5,8-11,14-16,18-19,32H2,1-4,6-7H3,(H,33,35)/t24-,25-,26-,27-,28-/m0/s1. The molecular formula is C31H52N2O5. The summed E-state index contributed by atoms with van der Waals surface area (Å²) in [6.45, 7) is 13.7. The van der Waals surface area contributed by atoms with E-state index in [9.17, 15) is 9.90 Å². The molecule has 7 heteroatoms. The number of carbonyl (C=O) groups excluding carboxylic acids is 1. The highest BCUT2D eigenvalue weighted by Gasteiger charge is 2.31. The lowest BCUT2D eigenvalue weighted by Crippen LogP contribution is -2.44. The van der Waals surface area contributed by atoms with E-state index >= 15 is 0 Å². The van der Waals surface area contributed by atoms with Gasteiger partial charge >= 0.3 is 0 Å². The Morgan fingerprint density at radius 1 is 1.13 bits per heavy atom. The fourth-order valence-corrected chi connectivity index (χ4v) is 5.23. The normalized spacial score (nSPS) is 18.9. The average molecular weight is 533 g/mol. The second-order valence-corrected chi connectivity index (χ2v) is 11.6. The number of hydrogen-bond donors (Lipinski definition) is 3. The van der Waals surface area contributed by atoms with Gasteiger partial charge in [0.2, 0.25) is 5.91 Å². The molecule has 0 aliphatic heterocycles. The van der Waals surface area contributed by atoms with Crippen LogP contribution < -0.4 is 20.5 Å². The summed E-state index contributed by atoms with van der Waals surface area (Å²) >= 11 is 0. The maximum atomic E-state index is 13.1. The monoisotopic (exact) mass is 532 g/mol. The molecule has 38 heavy (non-hydrogen) atoms. The molecule has 7 nitrogen and oxygen atoms in total. The summed E-state index contributed by atoms with van der Waals surface area (Å²) in [5, 5.41) is 14.2. The minimum atomic E-state index is -0.753. The van der Waals surface area contributed by atoms with Gasteiger partial charge in [0.15, 0.2) is 11.5 Å². The number of nitrogens with one attached hydrogen (secondary N) is 1. The first-order valence-electron chi connectivity index (χ1n) is 14.3. The van der Waals surface area contributed by atoms with Crippen LogP contribution in [-0.2, 0) is 16.0 Å². The van der Waals surface area contributed by atoms with Crippen molar-refractivity contribution in [3.05, 3.63) is 35.9 Å². The lowest BCUT2D eigenvalue weighted by molar-refractivity contribution is -0.128. The molecule has 0 radical (unpaired) electrons. The largest absolute Gasteiger partial charge is 0.493 e. The first kappa shape index (κ1) is 32.1. The minimum absolute atomic E-state index is 0.00373. The summed E-state index contributed by atoms with van der Waals surface area (Å²) in [6.07, 6.45) is 4.87. The van der Waals surface area contributed by atoms with Gasteiger partial charge in [-0.2, -0.15) is 0 Å². The number of carbonyl (C=O) groups is 1. The van der Waals surface area contributed by atoms with E-state index in [1.165, 1.54) is 0 Å². The number of ether oxygens (including phenoxy) is 3. The summed E-state index contributed by atoms with van der Waals surface area (Å²) in [5.74, 6) is 1.88. The van der Waals surface area contributed by atoms with Crippen LogP contribution in [0.2, 0.25) is 0 Å². The van der Waals surface area contributed by atoms with Crippen molar-refractivity contribution in [2.24, 2.45) is 29.4 Å². The molecule has 5 atom stereocenters. The Morgan fingerprint density at radius 3 is 2.45 bits per heavy atom. The van der Waals surface area contributed by atoms with Gasteiger partial charge in [-0.05, 0) is 74.0 Å². The molecule has 1 aromatic carbocycles. The van der Waals surface area contributed by atoms with E-state index in [0.717, 1.165) is 49.0 Å². The Hall–Kier alpha value is -2.09. The third-order valence-corrected chi connectivity index (χ3v) is 7.93. The van der Waals surface area contributed by atoms with Crippen molar-refractivity contribution in [2.45, 2.75) is 90.8 Å². The van der Waals surface area contributed by atoms with Crippen molar-refractivity contribution in [1.82, 2.24) is 5.32 Å². The number of hydrogen-bond acceptors (Lipinski definition) is 6. The summed E-state index contributed by atoms with van der Waals surface area (Å²) in [4.78, 5) is 13.1. The van der Waals surface area contributed by atoms with E-state index in [-0.39, 0.29) is 29.7 Å². The summed E-state index contributed by atoms with van der Waals surface area (Å²) < 4.78 is 16.6. The van der Waals surface area contributed by atoms with Crippen LogP contribution in [0.3, 0.4) is 0 Å². The van der Waals surface area contributed by atoms with Gasteiger partial charge in [0.25, 0.3) is 0 Å². The van der Waals surface area contributed by atoms with Crippen LogP contribution in [0.4, 0.5) is 0 Å². The van der Waals surface area contributed by atoms with Crippen LogP contribution in [0, 0.1) is 23.7 Å². The van der Waals surface area contributed by atoms with E-state index < -0.39 is 12.1 Å². The zero-order valence-electron chi connectivity index (χ0n) is 24.5. The second kappa shape index (κ2) is 16.1. The highest BCUT2D eigenvalue weighted by Crippen LogP contribution is 2.32. The molecule has 0 heterocycles. The van der Waals surface area contributed by atoms with E-state index in [0.29, 0.717) is 37.7 Å². The number of aliphatic hydroxyl groups is 1. The quantitative estimate of drug-likeness (QED) is 0.195. The fraction of sp³-hybridized carbons (Fsp3) is 0.710. The Bertz CT molecular complexity index is 872. The van der Waals surface area contributed by atoms with Crippen LogP contribution in [0.15, 0.2) is 30.4 Å². The van der Waals surface area contributed by atoms with Gasteiger partial charge in [0.1, 0.15) is 0 Å². The SMILES string of the molecule is C=C1CCC[C@@H]1NC(=O)[C@@H](C[C@H](O)[C@@H](N)C[C@H](Cc1ccc(OC)c(OCCCOC)c1)C(C)C)C(C)C. The third-order valence-electron chi connectivity index (χ3n) is 7.93. The molecule has 1 fully saturated rings. The molecule has 1 aliphatic carbocycles. The molecule has 0 bridgehead atoms. The molecule has 1 aliphatic rings. The molecule has 2 rings (SSSR count). The Labute approximate surface area is 230 Å². The van der Waals surface area contributed by atoms with Crippen LogP contribution in [0.5, 0.6) is 11.5 Å². The first-order chi connectivity index (χ1) is 18.1. The van der Waals surface area contributed by atoms with Crippen LogP contribution >= 0.6 is 0 Å². The molecule has 1 saturated carbocycles. The first-order valence-corrected chi connectivity index (χ1v) is 14.3. The van der Waals surface area contributed by atoms with E-state index in [4.69, 9.17) is 19.9 Å². The molecule has 1 amide bonds. The number of benzene rings is 1. The topological polar surface area (TPSA) is 103 Å². The predicted molar refractivity (Wildman–Crippen MR) is 153 cm³/mol. The van der Waals surface area contributed by atoms with Crippen molar-refractivity contribution < 1.29 is 24.1 Å². The Morgan fingerprint density at radius 2 is 1.87 bits per heavy atom. The van der Waals surface area contributed by atoms with Crippen molar-refractivity contribution in [2.75, 3.05) is 27.4 Å². The lowest BCUT2D eigenvalue weighted by atomic mass is 9.80. The lowest BCUT2D eigenvalue weighted by Gasteiger charge is -2.30. The Balaban J connectivity index is 2.02. The molecule has 216 valence electrons. The predicted octanol–water partition coefficient (Wildman–Crippen LogP) is 4.89. The van der Waals surface area contributed by atoms with E-state index in [1.807, 2.05) is 26.0 Å². The van der Waals surface area contributed by atoms with E-state index in [2.05, 4.69) is 31.8 Å². The smallest absolute Gasteiger partial charge is 0.223 e. The number of methoxy groups -OCH3 is 2. The fourth-order valence-electron chi connectivity index (χ4n) is 5.23. The summed E-state index contributed by atoms with van der Waals surface area (Å²) in [5.41, 5.74) is 8.80. The molecule has 0 spiro atoms. The van der Waals surface area contributed by atoms with Gasteiger partial charge in [-0.25, -0.2) is 0 Å². The maximum absolute atomic E-state index is 13.1. The molecule has 0 unspecified atom stereocenters. The van der Waals surface area contributed by atoms with Gasteiger partial charge in [0.05, 0.1) is 19.8 Å². The average Bonchev–Trinajstić information content (AvgIpc) is 3.28. The van der Waals surface area contributed by atoms with Gasteiger partial charge in [0, 0.05) is 38.1 Å². The molecule has 0 aromatic heterocycles. The van der Waals surface area contributed by atoms with Crippen LogP contribution in [0.1, 0.15) is 71.8 Å². The highest BCUT2D eigenvalue weighted by atomic mass is 16.5. The highest BCUT2D eigenvalue weighted by molar-refractivity contribution is 5.79. The number of nitrogens with two attached hydrogens (primary N) is 1. The number of aliphatic hydroxyl groups excluding tert-OH is 1. The second-order valence-electron chi connectivity index (χ2n) is 11.6. The zero-order chi connectivity index (χ0) is 28.2.